The Morgan fingerprint density at radius 1 is 1.38 bits per heavy atom. The lowest BCUT2D eigenvalue weighted by Crippen LogP contribution is -2.49. The maximum atomic E-state index is 11.8. The van der Waals surface area contributed by atoms with Crippen LogP contribution in [0.25, 0.3) is 0 Å². The van der Waals surface area contributed by atoms with Gasteiger partial charge in [-0.1, -0.05) is 0 Å². The lowest BCUT2D eigenvalue weighted by molar-refractivity contribution is -0.147. The maximum absolute atomic E-state index is 11.8. The van der Waals surface area contributed by atoms with Crippen LogP contribution in [-0.2, 0) is 24.2 Å². The van der Waals surface area contributed by atoms with Gasteiger partial charge < -0.3 is 4.74 Å². The molecule has 16 heavy (non-hydrogen) atoms. The van der Waals surface area contributed by atoms with E-state index in [1.54, 1.807) is 6.92 Å². The topological polar surface area (TPSA) is 77.5 Å². The van der Waals surface area contributed by atoms with Gasteiger partial charge in [0.25, 0.3) is 0 Å². The molecule has 1 fully saturated rings. The summed E-state index contributed by atoms with van der Waals surface area (Å²) in [4.78, 5) is 22.9. The Hall–Kier alpha value is -0.910. The van der Waals surface area contributed by atoms with Crippen LogP contribution in [0.1, 0.15) is 32.6 Å². The lowest BCUT2D eigenvalue weighted by atomic mass is 9.87. The predicted molar refractivity (Wildman–Crippen MR) is 57.7 cm³/mol. The van der Waals surface area contributed by atoms with Gasteiger partial charge in [-0.15, -0.1) is 0 Å². The quantitative estimate of drug-likeness (QED) is 0.679. The van der Waals surface area contributed by atoms with Crippen molar-refractivity contribution >= 4 is 21.6 Å². The molecular formula is C10H16O5S. The fourth-order valence-electron chi connectivity index (χ4n) is 1.92. The Morgan fingerprint density at radius 3 is 2.25 bits per heavy atom. The monoisotopic (exact) mass is 248 g/mol. The zero-order valence-electron chi connectivity index (χ0n) is 9.49. The molecule has 0 aliphatic heterocycles. The van der Waals surface area contributed by atoms with Crippen molar-refractivity contribution in [2.45, 2.75) is 37.4 Å². The molecule has 0 aromatic carbocycles. The molecule has 0 amide bonds. The molecule has 1 saturated carbocycles. The first-order chi connectivity index (χ1) is 7.33. The first-order valence-corrected chi connectivity index (χ1v) is 7.11. The molecule has 6 heteroatoms. The smallest absolute Gasteiger partial charge is 0.327 e. The molecule has 0 bridgehead atoms. The highest BCUT2D eigenvalue weighted by Gasteiger charge is 2.51. The molecule has 0 aromatic heterocycles. The van der Waals surface area contributed by atoms with Gasteiger partial charge in [-0.3, -0.25) is 9.59 Å². The number of carbonyl (C=O) groups is 2. The molecule has 92 valence electrons. The Labute approximate surface area is 95.1 Å². The zero-order valence-corrected chi connectivity index (χ0v) is 10.3. The third kappa shape index (κ3) is 2.26. The Balaban J connectivity index is 3.04. The van der Waals surface area contributed by atoms with Gasteiger partial charge in [0.15, 0.2) is 14.6 Å². The van der Waals surface area contributed by atoms with Crippen LogP contribution in [-0.4, -0.2) is 37.8 Å². The van der Waals surface area contributed by atoms with Gasteiger partial charge in [-0.25, -0.2) is 8.42 Å². The number of carbonyl (C=O) groups excluding carboxylic acids is 2. The van der Waals surface area contributed by atoms with Crippen LogP contribution < -0.4 is 0 Å². The number of hydrogen-bond acceptors (Lipinski definition) is 5. The van der Waals surface area contributed by atoms with E-state index in [4.69, 9.17) is 4.74 Å². The molecule has 0 saturated heterocycles. The molecule has 0 heterocycles. The Kier molecular flexibility index (Phi) is 3.72. The fraction of sp³-hybridized carbons (Fsp3) is 0.800. The Bertz CT molecular complexity index is 385. The van der Waals surface area contributed by atoms with Crippen molar-refractivity contribution < 1.29 is 22.7 Å². The second-order valence-corrected chi connectivity index (χ2v) is 6.35. The van der Waals surface area contributed by atoms with Crippen LogP contribution in [0.5, 0.6) is 0 Å². The molecule has 1 aliphatic rings. The van der Waals surface area contributed by atoms with Gasteiger partial charge in [0.2, 0.25) is 0 Å². The van der Waals surface area contributed by atoms with E-state index in [2.05, 4.69) is 0 Å². The number of sulfone groups is 1. The van der Waals surface area contributed by atoms with Crippen molar-refractivity contribution in [2.24, 2.45) is 0 Å². The van der Waals surface area contributed by atoms with Crippen LogP contribution in [0.2, 0.25) is 0 Å². The molecule has 0 unspecified atom stereocenters. The first-order valence-electron chi connectivity index (χ1n) is 5.22. The number of ether oxygens (including phenoxy) is 1. The summed E-state index contributed by atoms with van der Waals surface area (Å²) in [6.45, 7) is 1.77. The molecule has 0 aromatic rings. The number of hydrogen-bond donors (Lipinski definition) is 0. The van der Waals surface area contributed by atoms with E-state index in [1.165, 1.54) is 0 Å². The lowest BCUT2D eigenvalue weighted by Gasteiger charge is -2.32. The van der Waals surface area contributed by atoms with Crippen LogP contribution in [0.15, 0.2) is 0 Å². The average Bonchev–Trinajstić information content (AvgIpc) is 2.17. The average molecular weight is 248 g/mol. The molecule has 1 rings (SSSR count). The first kappa shape index (κ1) is 13.2. The van der Waals surface area contributed by atoms with Crippen molar-refractivity contribution in [3.8, 4) is 0 Å². The highest BCUT2D eigenvalue weighted by Crippen LogP contribution is 2.34. The largest absolute Gasteiger partial charge is 0.465 e. The van der Waals surface area contributed by atoms with Crippen molar-refractivity contribution in [3.05, 3.63) is 0 Å². The van der Waals surface area contributed by atoms with Gasteiger partial charge in [0.1, 0.15) is 5.78 Å². The van der Waals surface area contributed by atoms with Gasteiger partial charge >= 0.3 is 5.97 Å². The minimum atomic E-state index is -3.56. The summed E-state index contributed by atoms with van der Waals surface area (Å²) >= 11 is 0. The standard InChI is InChI=1S/C10H16O5S/c1-3-15-9(12)10(16(2,13)14)6-4-8(11)5-7-10/h3-7H2,1-2H3. The van der Waals surface area contributed by atoms with Crippen molar-refractivity contribution in [1.29, 1.82) is 0 Å². The summed E-state index contributed by atoms with van der Waals surface area (Å²) in [6, 6.07) is 0. The zero-order chi connectivity index (χ0) is 12.4. The fourth-order valence-corrected chi connectivity index (χ4v) is 3.23. The summed E-state index contributed by atoms with van der Waals surface area (Å²) in [7, 11) is -3.56. The second-order valence-electron chi connectivity index (χ2n) is 4.03. The maximum Gasteiger partial charge on any atom is 0.327 e. The number of esters is 1. The Morgan fingerprint density at radius 2 is 1.88 bits per heavy atom. The molecule has 5 nitrogen and oxygen atoms in total. The van der Waals surface area contributed by atoms with Crippen molar-refractivity contribution in [1.82, 2.24) is 0 Å². The summed E-state index contributed by atoms with van der Waals surface area (Å²) < 4.78 is 26.8. The molecule has 0 radical (unpaired) electrons. The second kappa shape index (κ2) is 4.53. The van der Waals surface area contributed by atoms with Gasteiger partial charge in [-0.05, 0) is 19.8 Å². The molecular weight excluding hydrogens is 232 g/mol. The van der Waals surface area contributed by atoms with E-state index in [0.717, 1.165) is 6.26 Å². The third-order valence-electron chi connectivity index (χ3n) is 2.97. The van der Waals surface area contributed by atoms with Gasteiger partial charge in [-0.2, -0.15) is 0 Å². The molecule has 1 aliphatic carbocycles. The summed E-state index contributed by atoms with van der Waals surface area (Å²) in [5.74, 6) is -0.714. The molecule has 0 spiro atoms. The van der Waals surface area contributed by atoms with E-state index in [1.807, 2.05) is 0 Å². The van der Waals surface area contributed by atoms with Crippen molar-refractivity contribution in [3.63, 3.8) is 0 Å². The SMILES string of the molecule is CCOC(=O)C1(S(C)(=O)=O)CCC(=O)CC1. The highest BCUT2D eigenvalue weighted by molar-refractivity contribution is 7.92. The summed E-state index contributed by atoms with van der Waals surface area (Å²) in [5, 5.41) is 0. The van der Waals surface area contributed by atoms with E-state index < -0.39 is 20.6 Å². The third-order valence-corrected chi connectivity index (χ3v) is 4.97. The van der Waals surface area contributed by atoms with E-state index in [0.29, 0.717) is 0 Å². The summed E-state index contributed by atoms with van der Waals surface area (Å²) in [5.41, 5.74) is 0. The van der Waals surface area contributed by atoms with Crippen LogP contribution in [0.3, 0.4) is 0 Å². The van der Waals surface area contributed by atoms with Crippen LogP contribution >= 0.6 is 0 Å². The van der Waals surface area contributed by atoms with Gasteiger partial charge in [0.05, 0.1) is 6.61 Å². The predicted octanol–water partition coefficient (Wildman–Crippen LogP) is 0.476. The van der Waals surface area contributed by atoms with E-state index in [9.17, 15) is 18.0 Å². The number of Topliss-reactive ketones (excluding diaryl/α,β-unsaturated/α-hetero) is 1. The van der Waals surface area contributed by atoms with E-state index in [-0.39, 0.29) is 38.1 Å². The van der Waals surface area contributed by atoms with Gasteiger partial charge in [0, 0.05) is 19.1 Å². The van der Waals surface area contributed by atoms with E-state index >= 15 is 0 Å². The molecule has 0 atom stereocenters. The van der Waals surface area contributed by atoms with Crippen LogP contribution in [0.4, 0.5) is 0 Å². The summed E-state index contributed by atoms with van der Waals surface area (Å²) in [6.07, 6.45) is 1.38. The number of ketones is 1. The normalized spacial score (nSPS) is 20.5. The highest BCUT2D eigenvalue weighted by atomic mass is 32.2. The van der Waals surface area contributed by atoms with Crippen molar-refractivity contribution in [2.75, 3.05) is 12.9 Å². The number of rotatable bonds is 3. The minimum Gasteiger partial charge on any atom is -0.465 e. The minimum absolute atomic E-state index is 0.00331. The molecule has 0 N–H and O–H groups in total. The van der Waals surface area contributed by atoms with Crippen LogP contribution in [0, 0.1) is 0 Å².